The first-order chi connectivity index (χ1) is 11.6. The van der Waals surface area contributed by atoms with Gasteiger partial charge in [0.05, 0.1) is 18.8 Å². The topological polar surface area (TPSA) is 60.8 Å². The van der Waals surface area contributed by atoms with Gasteiger partial charge in [-0.2, -0.15) is 0 Å². The zero-order valence-electron chi connectivity index (χ0n) is 13.3. The first kappa shape index (κ1) is 17.8. The Morgan fingerprint density at radius 2 is 1.71 bits per heavy atom. The van der Waals surface area contributed by atoms with Gasteiger partial charge in [0.25, 0.3) is 0 Å². The van der Waals surface area contributed by atoms with Crippen LogP contribution < -0.4 is 4.90 Å². The van der Waals surface area contributed by atoms with Gasteiger partial charge in [0.1, 0.15) is 5.82 Å². The normalized spacial score (nSPS) is 10.5. The molecule has 0 heterocycles. The summed E-state index contributed by atoms with van der Waals surface area (Å²) in [6.45, 7) is 4.13. The number of halogens is 1. The van der Waals surface area contributed by atoms with Crippen LogP contribution in [0.5, 0.6) is 0 Å². The Morgan fingerprint density at radius 3 is 2.25 bits per heavy atom. The number of benzene rings is 2. The number of rotatable bonds is 8. The van der Waals surface area contributed by atoms with Crippen molar-refractivity contribution < 1.29 is 19.4 Å². The number of hydrogen-bond donors (Lipinski definition) is 2. The highest BCUT2D eigenvalue weighted by Gasteiger charge is 2.14. The number of allylic oxidation sites excluding steroid dienone is 1. The van der Waals surface area contributed by atoms with E-state index in [4.69, 9.17) is 10.2 Å². The molecule has 0 aliphatic heterocycles. The number of anilines is 1. The van der Waals surface area contributed by atoms with Gasteiger partial charge in [0, 0.05) is 24.3 Å². The molecule has 0 radical (unpaired) electrons. The van der Waals surface area contributed by atoms with Crippen LogP contribution in [0.15, 0.2) is 55.1 Å². The fraction of sp³-hybridized carbons (Fsp3) is 0.211. The fourth-order valence-corrected chi connectivity index (χ4v) is 2.52. The molecule has 4 nitrogen and oxygen atoms in total. The van der Waals surface area contributed by atoms with Crippen LogP contribution in [0.2, 0.25) is 0 Å². The van der Waals surface area contributed by atoms with Crippen LogP contribution in [0.1, 0.15) is 10.4 Å². The van der Waals surface area contributed by atoms with E-state index in [1.54, 1.807) is 36.4 Å². The molecule has 0 aliphatic rings. The Balaban J connectivity index is 2.34. The molecule has 2 rings (SSSR count). The molecule has 0 aromatic heterocycles. The number of hydrogen-bond acceptors (Lipinski definition) is 4. The Kier molecular flexibility index (Phi) is 6.23. The molecule has 0 aliphatic carbocycles. The van der Waals surface area contributed by atoms with Gasteiger partial charge in [-0.15, -0.1) is 0 Å². The van der Waals surface area contributed by atoms with Gasteiger partial charge >= 0.3 is 0 Å². The molecule has 0 atom stereocenters. The monoisotopic (exact) mass is 329 g/mol. The summed E-state index contributed by atoms with van der Waals surface area (Å²) in [5, 5.41) is 18.2. The summed E-state index contributed by atoms with van der Waals surface area (Å²) in [6.07, 6.45) is 1.09. The molecule has 0 spiro atoms. The van der Waals surface area contributed by atoms with Gasteiger partial charge in [-0.05, 0) is 29.8 Å². The standard InChI is InChI=1S/C19H20FNO3/c1-2-18(24)17-5-3-4-16(19(17)20)14-6-8-15(9-7-14)21(10-12-22)11-13-23/h2-9,22-23H,1,10-13H2. The molecule has 5 heteroatoms. The number of carbonyl (C=O) groups is 1. The predicted molar refractivity (Wildman–Crippen MR) is 92.7 cm³/mol. The van der Waals surface area contributed by atoms with Crippen molar-refractivity contribution in [3.05, 3.63) is 66.5 Å². The number of carbonyl (C=O) groups excluding carboxylic acids is 1. The van der Waals surface area contributed by atoms with E-state index < -0.39 is 11.6 Å². The highest BCUT2D eigenvalue weighted by Crippen LogP contribution is 2.27. The summed E-state index contributed by atoms with van der Waals surface area (Å²) in [5.74, 6) is -1.03. The summed E-state index contributed by atoms with van der Waals surface area (Å²) in [6, 6.07) is 11.8. The van der Waals surface area contributed by atoms with E-state index in [1.165, 1.54) is 6.07 Å². The summed E-state index contributed by atoms with van der Waals surface area (Å²) in [7, 11) is 0. The zero-order valence-corrected chi connectivity index (χ0v) is 13.3. The third-order valence-corrected chi connectivity index (χ3v) is 3.73. The van der Waals surface area contributed by atoms with Gasteiger partial charge < -0.3 is 15.1 Å². The Morgan fingerprint density at radius 1 is 1.08 bits per heavy atom. The molecule has 2 aromatic carbocycles. The number of aliphatic hydroxyl groups excluding tert-OH is 2. The van der Waals surface area contributed by atoms with E-state index >= 15 is 0 Å². The van der Waals surface area contributed by atoms with E-state index in [9.17, 15) is 9.18 Å². The summed E-state index contributed by atoms with van der Waals surface area (Å²) in [5.41, 5.74) is 1.79. The van der Waals surface area contributed by atoms with Crippen molar-refractivity contribution in [3.8, 4) is 11.1 Å². The first-order valence-corrected chi connectivity index (χ1v) is 7.64. The molecule has 2 N–H and O–H groups in total. The Bertz CT molecular complexity index is 707. The minimum absolute atomic E-state index is 0.00577. The van der Waals surface area contributed by atoms with Crippen molar-refractivity contribution in [2.24, 2.45) is 0 Å². The second kappa shape index (κ2) is 8.38. The summed E-state index contributed by atoms with van der Waals surface area (Å²) < 4.78 is 14.6. The second-order valence-electron chi connectivity index (χ2n) is 5.22. The van der Waals surface area contributed by atoms with E-state index in [0.717, 1.165) is 11.8 Å². The van der Waals surface area contributed by atoms with Crippen molar-refractivity contribution in [1.29, 1.82) is 0 Å². The highest BCUT2D eigenvalue weighted by atomic mass is 19.1. The minimum atomic E-state index is -0.572. The SMILES string of the molecule is C=CC(=O)c1cccc(-c2ccc(N(CCO)CCO)cc2)c1F. The van der Waals surface area contributed by atoms with E-state index in [2.05, 4.69) is 6.58 Å². The van der Waals surface area contributed by atoms with Crippen LogP contribution in [-0.2, 0) is 0 Å². The molecule has 0 amide bonds. The maximum Gasteiger partial charge on any atom is 0.188 e. The molecule has 0 saturated carbocycles. The van der Waals surface area contributed by atoms with Gasteiger partial charge in [-0.25, -0.2) is 4.39 Å². The molecule has 0 unspecified atom stereocenters. The van der Waals surface area contributed by atoms with Gasteiger partial charge in [-0.3, -0.25) is 4.79 Å². The molecule has 0 saturated heterocycles. The van der Waals surface area contributed by atoms with Gasteiger partial charge in [0.2, 0.25) is 0 Å². The fourth-order valence-electron chi connectivity index (χ4n) is 2.52. The van der Waals surface area contributed by atoms with E-state index in [0.29, 0.717) is 24.2 Å². The van der Waals surface area contributed by atoms with Crippen LogP contribution in [0.25, 0.3) is 11.1 Å². The molecular weight excluding hydrogens is 309 g/mol. The second-order valence-corrected chi connectivity index (χ2v) is 5.22. The third-order valence-electron chi connectivity index (χ3n) is 3.73. The van der Waals surface area contributed by atoms with Gasteiger partial charge in [-0.1, -0.05) is 30.8 Å². The minimum Gasteiger partial charge on any atom is -0.395 e. The lowest BCUT2D eigenvalue weighted by atomic mass is 10.00. The summed E-state index contributed by atoms with van der Waals surface area (Å²) in [4.78, 5) is 13.5. The lowest BCUT2D eigenvalue weighted by Crippen LogP contribution is -2.29. The lowest BCUT2D eigenvalue weighted by molar-refractivity contribution is 0.104. The maximum atomic E-state index is 14.6. The summed E-state index contributed by atoms with van der Waals surface area (Å²) >= 11 is 0. The number of aliphatic hydroxyl groups is 2. The highest BCUT2D eigenvalue weighted by molar-refractivity contribution is 6.05. The molecule has 0 bridgehead atoms. The maximum absolute atomic E-state index is 14.6. The van der Waals surface area contributed by atoms with Crippen LogP contribution in [-0.4, -0.2) is 42.3 Å². The molecule has 126 valence electrons. The Labute approximate surface area is 140 Å². The average Bonchev–Trinajstić information content (AvgIpc) is 2.61. The molecule has 0 fully saturated rings. The molecule has 24 heavy (non-hydrogen) atoms. The smallest absolute Gasteiger partial charge is 0.188 e. The quantitative estimate of drug-likeness (QED) is 0.577. The van der Waals surface area contributed by atoms with Crippen LogP contribution >= 0.6 is 0 Å². The predicted octanol–water partition coefficient (Wildman–Crippen LogP) is 2.65. The average molecular weight is 329 g/mol. The molecule has 2 aromatic rings. The van der Waals surface area contributed by atoms with Crippen molar-refractivity contribution in [2.45, 2.75) is 0 Å². The van der Waals surface area contributed by atoms with Crippen LogP contribution in [0.3, 0.4) is 0 Å². The molecular formula is C19H20FNO3. The van der Waals surface area contributed by atoms with Crippen molar-refractivity contribution in [1.82, 2.24) is 0 Å². The zero-order chi connectivity index (χ0) is 17.5. The van der Waals surface area contributed by atoms with Gasteiger partial charge in [0.15, 0.2) is 5.78 Å². The third kappa shape index (κ3) is 3.88. The van der Waals surface area contributed by atoms with Crippen LogP contribution in [0, 0.1) is 5.82 Å². The number of nitrogens with zero attached hydrogens (tertiary/aromatic N) is 1. The lowest BCUT2D eigenvalue weighted by Gasteiger charge is -2.23. The van der Waals surface area contributed by atoms with Crippen LogP contribution in [0.4, 0.5) is 10.1 Å². The Hall–Kier alpha value is -2.50. The number of ketones is 1. The first-order valence-electron chi connectivity index (χ1n) is 7.64. The largest absolute Gasteiger partial charge is 0.395 e. The van der Waals surface area contributed by atoms with E-state index in [-0.39, 0.29) is 18.8 Å². The van der Waals surface area contributed by atoms with Crippen molar-refractivity contribution >= 4 is 11.5 Å². The van der Waals surface area contributed by atoms with Crippen molar-refractivity contribution in [3.63, 3.8) is 0 Å². The van der Waals surface area contributed by atoms with Crippen molar-refractivity contribution in [2.75, 3.05) is 31.2 Å². The van der Waals surface area contributed by atoms with E-state index in [1.807, 2.05) is 4.90 Å².